The zero-order valence-corrected chi connectivity index (χ0v) is 17.3. The number of benzene rings is 2. The lowest BCUT2D eigenvalue weighted by Crippen LogP contribution is -2.34. The number of ether oxygens (including phenoxy) is 1. The molecular weight excluding hydrogens is 388 g/mol. The maximum Gasteiger partial charge on any atom is 0.267 e. The highest BCUT2D eigenvalue weighted by Gasteiger charge is 2.11. The predicted octanol–water partition coefficient (Wildman–Crippen LogP) is 4.44. The Bertz CT molecular complexity index is 872. The van der Waals surface area contributed by atoms with E-state index in [9.17, 15) is 9.59 Å². The van der Waals surface area contributed by atoms with Crippen molar-refractivity contribution in [2.45, 2.75) is 19.8 Å². The Morgan fingerprint density at radius 2 is 1.69 bits per heavy atom. The van der Waals surface area contributed by atoms with Gasteiger partial charge in [0.2, 0.25) is 5.91 Å². The summed E-state index contributed by atoms with van der Waals surface area (Å²) in [5.74, 6) is 0.00908. The normalized spacial score (nSPS) is 11.3. The molecular formula is C23H25ClN2O3. The van der Waals surface area contributed by atoms with Crippen molar-refractivity contribution < 1.29 is 14.3 Å². The summed E-state index contributed by atoms with van der Waals surface area (Å²) < 4.78 is 5.11. The average Bonchev–Trinajstić information content (AvgIpc) is 2.73. The maximum absolute atomic E-state index is 12.5. The quantitative estimate of drug-likeness (QED) is 0.472. The molecule has 0 radical (unpaired) electrons. The van der Waals surface area contributed by atoms with E-state index in [2.05, 4.69) is 10.6 Å². The molecule has 5 nitrogen and oxygen atoms in total. The van der Waals surface area contributed by atoms with Crippen LogP contribution in [0.5, 0.6) is 5.75 Å². The summed E-state index contributed by atoms with van der Waals surface area (Å²) in [6.07, 6.45) is 6.51. The number of carbonyl (C=O) groups excluding carboxylic acids is 2. The molecule has 0 spiro atoms. The van der Waals surface area contributed by atoms with Crippen LogP contribution in [0.25, 0.3) is 12.2 Å². The van der Waals surface area contributed by atoms with Gasteiger partial charge in [0, 0.05) is 17.6 Å². The van der Waals surface area contributed by atoms with Gasteiger partial charge < -0.3 is 15.4 Å². The fraction of sp³-hybridized carbons (Fsp3) is 0.217. The molecule has 0 bridgehead atoms. The Labute approximate surface area is 176 Å². The molecule has 29 heavy (non-hydrogen) atoms. The van der Waals surface area contributed by atoms with Crippen LogP contribution in [0.2, 0.25) is 5.02 Å². The van der Waals surface area contributed by atoms with Crippen LogP contribution in [0, 0.1) is 0 Å². The molecule has 0 fully saturated rings. The zero-order chi connectivity index (χ0) is 21.1. The molecule has 0 aromatic heterocycles. The van der Waals surface area contributed by atoms with Gasteiger partial charge in [-0.25, -0.2) is 0 Å². The molecule has 0 unspecified atom stereocenters. The molecule has 0 saturated heterocycles. The number of methoxy groups -OCH3 is 1. The number of rotatable bonds is 9. The summed E-state index contributed by atoms with van der Waals surface area (Å²) in [7, 11) is 1.60. The van der Waals surface area contributed by atoms with Crippen LogP contribution in [0.4, 0.5) is 0 Å². The highest BCUT2D eigenvalue weighted by Crippen LogP contribution is 2.13. The molecule has 0 aliphatic heterocycles. The number of halogens is 1. The lowest BCUT2D eigenvalue weighted by molar-refractivity contribution is -0.121. The standard InChI is InChI=1S/C23H25ClN2O3/c1-3-4-15-25-23(28)21(16-18-5-10-19(24)11-6-18)26-22(27)14-9-17-7-12-20(29-2)13-8-17/h5-14,16H,3-4,15H2,1-2H3,(H,25,28)(H,26,27). The van der Waals surface area contributed by atoms with E-state index in [-0.39, 0.29) is 11.6 Å². The molecule has 0 aliphatic carbocycles. The monoisotopic (exact) mass is 412 g/mol. The minimum Gasteiger partial charge on any atom is -0.497 e. The predicted molar refractivity (Wildman–Crippen MR) is 118 cm³/mol. The highest BCUT2D eigenvalue weighted by atomic mass is 35.5. The van der Waals surface area contributed by atoms with Crippen molar-refractivity contribution in [1.29, 1.82) is 0 Å². The number of nitrogens with one attached hydrogen (secondary N) is 2. The first-order valence-corrected chi connectivity index (χ1v) is 9.78. The zero-order valence-electron chi connectivity index (χ0n) is 16.6. The van der Waals surface area contributed by atoms with Crippen molar-refractivity contribution >= 4 is 35.6 Å². The van der Waals surface area contributed by atoms with Gasteiger partial charge in [0.05, 0.1) is 7.11 Å². The second kappa shape index (κ2) is 11.7. The molecule has 2 aromatic carbocycles. The number of unbranched alkanes of at least 4 members (excludes halogenated alkanes) is 1. The van der Waals surface area contributed by atoms with Gasteiger partial charge in [-0.15, -0.1) is 0 Å². The SMILES string of the molecule is CCCCNC(=O)C(=Cc1ccc(Cl)cc1)NC(=O)C=Cc1ccc(OC)cc1. The van der Waals surface area contributed by atoms with Crippen molar-refractivity contribution in [3.63, 3.8) is 0 Å². The Morgan fingerprint density at radius 1 is 1.03 bits per heavy atom. The molecule has 2 rings (SSSR count). The fourth-order valence-electron chi connectivity index (χ4n) is 2.42. The van der Waals surface area contributed by atoms with Crippen molar-refractivity contribution in [2.24, 2.45) is 0 Å². The minimum atomic E-state index is -0.397. The van der Waals surface area contributed by atoms with E-state index in [1.165, 1.54) is 6.08 Å². The van der Waals surface area contributed by atoms with Gasteiger partial charge in [0.15, 0.2) is 0 Å². The number of amides is 2. The van der Waals surface area contributed by atoms with Crippen LogP contribution in [0.15, 0.2) is 60.3 Å². The summed E-state index contributed by atoms with van der Waals surface area (Å²) in [6, 6.07) is 14.3. The molecule has 0 aliphatic rings. The molecule has 6 heteroatoms. The second-order valence-electron chi connectivity index (χ2n) is 6.31. The highest BCUT2D eigenvalue weighted by molar-refractivity contribution is 6.30. The number of hydrogen-bond acceptors (Lipinski definition) is 3. The minimum absolute atomic E-state index is 0.174. The number of hydrogen-bond donors (Lipinski definition) is 2. The van der Waals surface area contributed by atoms with E-state index in [0.29, 0.717) is 11.6 Å². The lowest BCUT2D eigenvalue weighted by atomic mass is 10.1. The molecule has 0 heterocycles. The first-order chi connectivity index (χ1) is 14.0. The van der Waals surface area contributed by atoms with Gasteiger partial charge in [0.1, 0.15) is 11.4 Å². The van der Waals surface area contributed by atoms with Crippen LogP contribution >= 0.6 is 11.6 Å². The summed E-state index contributed by atoms with van der Waals surface area (Å²) in [5, 5.41) is 6.09. The molecule has 2 aromatic rings. The average molecular weight is 413 g/mol. The topological polar surface area (TPSA) is 67.4 Å². The lowest BCUT2D eigenvalue weighted by Gasteiger charge is -2.10. The number of carbonyl (C=O) groups is 2. The Hall–Kier alpha value is -3.05. The van der Waals surface area contributed by atoms with Gasteiger partial charge in [-0.1, -0.05) is 49.2 Å². The van der Waals surface area contributed by atoms with Gasteiger partial charge in [0.25, 0.3) is 5.91 Å². The van der Waals surface area contributed by atoms with Crippen LogP contribution in [-0.4, -0.2) is 25.5 Å². The third-order valence-electron chi connectivity index (χ3n) is 4.04. The van der Waals surface area contributed by atoms with Crippen LogP contribution < -0.4 is 15.4 Å². The van der Waals surface area contributed by atoms with Gasteiger partial charge in [-0.05, 0) is 54.0 Å². The van der Waals surface area contributed by atoms with Crippen LogP contribution in [-0.2, 0) is 9.59 Å². The van der Waals surface area contributed by atoms with Crippen molar-refractivity contribution in [2.75, 3.05) is 13.7 Å². The van der Waals surface area contributed by atoms with Crippen molar-refractivity contribution in [3.05, 3.63) is 76.5 Å². The molecule has 2 N–H and O–H groups in total. The third-order valence-corrected chi connectivity index (χ3v) is 4.29. The van der Waals surface area contributed by atoms with E-state index in [4.69, 9.17) is 16.3 Å². The van der Waals surface area contributed by atoms with Crippen molar-refractivity contribution in [3.8, 4) is 5.75 Å². The first kappa shape index (κ1) is 22.2. The fourth-order valence-corrected chi connectivity index (χ4v) is 2.55. The van der Waals surface area contributed by atoms with Gasteiger partial charge >= 0.3 is 0 Å². The third kappa shape index (κ3) is 7.84. The Morgan fingerprint density at radius 3 is 2.31 bits per heavy atom. The van der Waals surface area contributed by atoms with E-state index in [1.807, 2.05) is 31.2 Å². The van der Waals surface area contributed by atoms with E-state index in [0.717, 1.165) is 29.7 Å². The largest absolute Gasteiger partial charge is 0.497 e. The summed E-state index contributed by atoms with van der Waals surface area (Å²) in [6.45, 7) is 2.59. The van der Waals surface area contributed by atoms with Crippen LogP contribution in [0.3, 0.4) is 0 Å². The first-order valence-electron chi connectivity index (χ1n) is 9.40. The molecule has 0 saturated carbocycles. The van der Waals surface area contributed by atoms with E-state index >= 15 is 0 Å². The Balaban J connectivity index is 2.12. The van der Waals surface area contributed by atoms with Gasteiger partial charge in [-0.3, -0.25) is 9.59 Å². The summed E-state index contributed by atoms with van der Waals surface area (Å²) in [4.78, 5) is 24.9. The molecule has 152 valence electrons. The molecule has 2 amide bonds. The van der Waals surface area contributed by atoms with E-state index in [1.54, 1.807) is 43.5 Å². The smallest absolute Gasteiger partial charge is 0.267 e. The second-order valence-corrected chi connectivity index (χ2v) is 6.75. The summed E-state index contributed by atoms with van der Waals surface area (Å²) >= 11 is 5.91. The molecule has 0 atom stereocenters. The summed E-state index contributed by atoms with van der Waals surface area (Å²) in [5.41, 5.74) is 1.78. The van der Waals surface area contributed by atoms with Gasteiger partial charge in [-0.2, -0.15) is 0 Å². The maximum atomic E-state index is 12.5. The Kier molecular flexibility index (Phi) is 8.99. The van der Waals surface area contributed by atoms with Crippen LogP contribution in [0.1, 0.15) is 30.9 Å². The van der Waals surface area contributed by atoms with E-state index < -0.39 is 5.91 Å². The van der Waals surface area contributed by atoms with Crippen molar-refractivity contribution in [1.82, 2.24) is 10.6 Å².